The van der Waals surface area contributed by atoms with Crippen molar-refractivity contribution in [1.29, 1.82) is 0 Å². The predicted molar refractivity (Wildman–Crippen MR) is 228 cm³/mol. The molecule has 0 saturated heterocycles. The van der Waals surface area contributed by atoms with Gasteiger partial charge in [0.05, 0.1) is 11.4 Å². The molecule has 3 rings (SSSR count). The summed E-state index contributed by atoms with van der Waals surface area (Å²) in [5.74, 6) is -1.92. The van der Waals surface area contributed by atoms with E-state index in [9.17, 15) is 28.8 Å². The van der Waals surface area contributed by atoms with E-state index in [0.29, 0.717) is 64.6 Å². The first kappa shape index (κ1) is 47.3. The summed E-state index contributed by atoms with van der Waals surface area (Å²) >= 11 is 0. The van der Waals surface area contributed by atoms with Crippen molar-refractivity contribution in [3.8, 4) is 0 Å². The van der Waals surface area contributed by atoms with Gasteiger partial charge in [0.25, 0.3) is 17.7 Å². The average molecular weight is 789 g/mol. The molecule has 0 fully saturated rings. The minimum atomic E-state index is -1.19. The fraction of sp³-hybridized carbons (Fsp3) is 0.415. The zero-order valence-corrected chi connectivity index (χ0v) is 34.0. The van der Waals surface area contributed by atoms with Crippen molar-refractivity contribution in [2.75, 3.05) is 86.4 Å². The van der Waals surface area contributed by atoms with E-state index in [4.69, 9.17) is 11.5 Å². The number of rotatable bonds is 22. The number of nitrogens with zero attached hydrogens (tertiary/aromatic N) is 2. The highest BCUT2D eigenvalue weighted by atomic mass is 16.2. The Hall–Kier alpha value is -5.84. The predicted octanol–water partition coefficient (Wildman–Crippen LogP) is 3.60. The topological polar surface area (TPSA) is 233 Å². The Bertz CT molecular complexity index is 1730. The second-order valence-corrected chi connectivity index (χ2v) is 13.0. The Balaban J connectivity index is 0.000000494. The third-order valence-corrected chi connectivity index (χ3v) is 9.04. The van der Waals surface area contributed by atoms with Gasteiger partial charge in [-0.15, -0.1) is 0 Å². The average Bonchev–Trinajstić information content (AvgIpc) is 3.21. The third kappa shape index (κ3) is 16.4. The van der Waals surface area contributed by atoms with Gasteiger partial charge in [-0.25, -0.2) is 0 Å². The number of carbonyl (C=O) groups excluding carboxylic acids is 6. The summed E-state index contributed by atoms with van der Waals surface area (Å²) in [5.41, 5.74) is 14.8. The molecule has 3 aromatic rings. The number of Topliss-reactive ketones (excluding diaryl/α,β-unsaturated/α-hetero) is 1. The normalized spacial score (nSPS) is 11.1. The first-order valence-corrected chi connectivity index (χ1v) is 19.2. The molecule has 0 aliphatic rings. The number of anilines is 5. The summed E-state index contributed by atoms with van der Waals surface area (Å²) in [5, 5.41) is 16.6. The van der Waals surface area contributed by atoms with Gasteiger partial charge >= 0.3 is 0 Å². The van der Waals surface area contributed by atoms with Gasteiger partial charge in [-0.05, 0) is 120 Å². The standard InChI is InChI=1S/C29H44N6O3.C12H16N4O3/c1-5-34(6-2)17-9-15-31-27(36)23-19-24(28(37)32-16-10-18-35(7-3)8-4)21-26(20-23)33-29(38)22-11-13-25(30)14-12-22;1-7(18)11(13)12(19)16-8-3-4-9(15-6-17)10(5-8)14-2/h11-14,19-21H,5-10,15-18,30H2,1-4H3,(H,31,36)(H,32,37)(H,33,38);3-6,11,14H,13H2,1-2H3,(H,15,17)(H,16,19). The van der Waals surface area contributed by atoms with Crippen LogP contribution in [0.5, 0.6) is 0 Å². The zero-order valence-electron chi connectivity index (χ0n) is 34.0. The highest BCUT2D eigenvalue weighted by Crippen LogP contribution is 2.25. The van der Waals surface area contributed by atoms with Crippen LogP contribution in [0.15, 0.2) is 60.7 Å². The van der Waals surface area contributed by atoms with Crippen molar-refractivity contribution in [2.45, 2.75) is 53.5 Å². The van der Waals surface area contributed by atoms with E-state index in [1.165, 1.54) is 6.92 Å². The zero-order chi connectivity index (χ0) is 42.3. The maximum atomic E-state index is 13.0. The molecule has 57 heavy (non-hydrogen) atoms. The number of amides is 5. The van der Waals surface area contributed by atoms with Gasteiger partial charge < -0.3 is 53.2 Å². The molecule has 5 amide bonds. The Labute approximate surface area is 335 Å². The second kappa shape index (κ2) is 25.3. The second-order valence-electron chi connectivity index (χ2n) is 13.0. The van der Waals surface area contributed by atoms with Crippen LogP contribution in [0.2, 0.25) is 0 Å². The highest BCUT2D eigenvalue weighted by molar-refractivity contribution is 6.10. The van der Waals surface area contributed by atoms with E-state index in [-0.39, 0.29) is 17.7 Å². The minimum absolute atomic E-state index is 0.288. The van der Waals surface area contributed by atoms with Gasteiger partial charge in [0.15, 0.2) is 5.78 Å². The van der Waals surface area contributed by atoms with Crippen molar-refractivity contribution in [3.63, 3.8) is 0 Å². The van der Waals surface area contributed by atoms with Crippen LogP contribution in [0.4, 0.5) is 28.4 Å². The molecule has 10 N–H and O–H groups in total. The van der Waals surface area contributed by atoms with Crippen molar-refractivity contribution < 1.29 is 28.8 Å². The van der Waals surface area contributed by atoms with Gasteiger partial charge in [-0.3, -0.25) is 28.8 Å². The van der Waals surface area contributed by atoms with Crippen LogP contribution in [0.1, 0.15) is 78.5 Å². The van der Waals surface area contributed by atoms with Crippen LogP contribution in [0, 0.1) is 0 Å². The monoisotopic (exact) mass is 788 g/mol. The van der Waals surface area contributed by atoms with Crippen LogP contribution in [0.25, 0.3) is 0 Å². The largest absolute Gasteiger partial charge is 0.399 e. The van der Waals surface area contributed by atoms with Crippen molar-refractivity contribution in [2.24, 2.45) is 5.73 Å². The number of ketones is 1. The Kier molecular flexibility index (Phi) is 21.0. The maximum absolute atomic E-state index is 13.0. The van der Waals surface area contributed by atoms with Crippen LogP contribution >= 0.6 is 0 Å². The van der Waals surface area contributed by atoms with Crippen LogP contribution in [-0.2, 0) is 14.4 Å². The fourth-order valence-electron chi connectivity index (χ4n) is 5.52. The van der Waals surface area contributed by atoms with Crippen LogP contribution < -0.4 is 43.4 Å². The molecule has 0 spiro atoms. The summed E-state index contributed by atoms with van der Waals surface area (Å²) in [6.45, 7) is 16.4. The molecule has 310 valence electrons. The van der Waals surface area contributed by atoms with Crippen molar-refractivity contribution in [3.05, 3.63) is 77.4 Å². The molecule has 16 nitrogen and oxygen atoms in total. The van der Waals surface area contributed by atoms with Crippen LogP contribution in [0.3, 0.4) is 0 Å². The lowest BCUT2D eigenvalue weighted by atomic mass is 10.1. The molecule has 0 aromatic heterocycles. The molecule has 0 bridgehead atoms. The molecule has 1 atom stereocenters. The summed E-state index contributed by atoms with van der Waals surface area (Å²) < 4.78 is 0. The molecule has 16 heteroatoms. The molecule has 0 aliphatic carbocycles. The number of nitrogens with one attached hydrogen (secondary N) is 6. The number of hydrogen-bond donors (Lipinski definition) is 8. The Morgan fingerprint density at radius 2 is 1.19 bits per heavy atom. The molecular formula is C41H60N10O6. The lowest BCUT2D eigenvalue weighted by molar-refractivity contribution is -0.126. The number of hydrogen-bond acceptors (Lipinski definition) is 11. The number of benzene rings is 3. The quantitative estimate of drug-likeness (QED) is 0.0317. The maximum Gasteiger partial charge on any atom is 0.255 e. The van der Waals surface area contributed by atoms with Crippen LogP contribution in [-0.4, -0.2) is 111 Å². The van der Waals surface area contributed by atoms with Crippen molar-refractivity contribution >= 4 is 64.3 Å². The Morgan fingerprint density at radius 3 is 1.65 bits per heavy atom. The summed E-state index contributed by atoms with van der Waals surface area (Å²) in [6.07, 6.45) is 2.20. The van der Waals surface area contributed by atoms with Gasteiger partial charge in [0, 0.05) is 53.9 Å². The summed E-state index contributed by atoms with van der Waals surface area (Å²) in [6, 6.07) is 14.9. The van der Waals surface area contributed by atoms with Gasteiger partial charge in [0.2, 0.25) is 12.3 Å². The minimum Gasteiger partial charge on any atom is -0.399 e. The fourth-order valence-corrected chi connectivity index (χ4v) is 5.52. The number of nitrogens with two attached hydrogens (primary N) is 2. The molecule has 0 aliphatic heterocycles. The lowest BCUT2D eigenvalue weighted by Gasteiger charge is -2.18. The molecule has 0 radical (unpaired) electrons. The van der Waals surface area contributed by atoms with E-state index in [1.54, 1.807) is 67.7 Å². The van der Waals surface area contributed by atoms with Gasteiger partial charge in [-0.1, -0.05) is 27.7 Å². The third-order valence-electron chi connectivity index (χ3n) is 9.04. The number of nitrogen functional groups attached to an aromatic ring is 1. The molecule has 0 heterocycles. The lowest BCUT2D eigenvalue weighted by Crippen LogP contribution is -2.41. The molecular weight excluding hydrogens is 729 g/mol. The smallest absolute Gasteiger partial charge is 0.255 e. The number of carbonyl (C=O) groups is 6. The highest BCUT2D eigenvalue weighted by Gasteiger charge is 2.19. The first-order chi connectivity index (χ1) is 27.3. The van der Waals surface area contributed by atoms with Crippen molar-refractivity contribution in [1.82, 2.24) is 20.4 Å². The van der Waals surface area contributed by atoms with E-state index in [1.807, 2.05) is 0 Å². The van der Waals surface area contributed by atoms with E-state index >= 15 is 0 Å². The van der Waals surface area contributed by atoms with E-state index < -0.39 is 17.7 Å². The Morgan fingerprint density at radius 1 is 0.667 bits per heavy atom. The molecule has 0 saturated carbocycles. The first-order valence-electron chi connectivity index (χ1n) is 19.2. The van der Waals surface area contributed by atoms with E-state index in [0.717, 1.165) is 52.1 Å². The van der Waals surface area contributed by atoms with Gasteiger partial charge in [0.1, 0.15) is 6.04 Å². The molecule has 1 unspecified atom stereocenters. The summed E-state index contributed by atoms with van der Waals surface area (Å²) in [4.78, 5) is 76.3. The SMILES string of the molecule is CCN(CC)CCCNC(=O)c1cc(NC(=O)c2ccc(N)cc2)cc(C(=O)NCCCN(CC)CC)c1.CNc1cc(NC(=O)C(N)C(C)=O)ccc1NC=O. The van der Waals surface area contributed by atoms with E-state index in [2.05, 4.69) is 69.4 Å². The van der Waals surface area contributed by atoms with Gasteiger partial charge in [-0.2, -0.15) is 0 Å². The molecule has 3 aromatic carbocycles. The summed E-state index contributed by atoms with van der Waals surface area (Å²) in [7, 11) is 1.68.